The summed E-state index contributed by atoms with van der Waals surface area (Å²) < 4.78 is 7.68. The number of para-hydroxylation sites is 2. The molecule has 0 bridgehead atoms. The maximum atomic E-state index is 12.5. The molecule has 4 rings (SSSR count). The fraction of sp³-hybridized carbons (Fsp3) is 0.286. The second-order valence-electron chi connectivity index (χ2n) is 7.38. The van der Waals surface area contributed by atoms with E-state index in [0.29, 0.717) is 17.6 Å². The van der Waals surface area contributed by atoms with Gasteiger partial charge in [0.25, 0.3) is 0 Å². The average Bonchev–Trinajstić information content (AvgIpc) is 2.96. The molecule has 27 heavy (non-hydrogen) atoms. The van der Waals surface area contributed by atoms with Crippen LogP contribution in [0.15, 0.2) is 53.5 Å². The SMILES string of the molecule is CC1(C)Cc2cccc(NC(=O)CCn3ncc(=O)c4ccccc43)c2O1. The van der Waals surface area contributed by atoms with Gasteiger partial charge in [-0.3, -0.25) is 14.3 Å². The molecule has 3 aromatic rings. The van der Waals surface area contributed by atoms with Gasteiger partial charge in [0, 0.05) is 23.8 Å². The highest BCUT2D eigenvalue weighted by Crippen LogP contribution is 2.40. The second-order valence-corrected chi connectivity index (χ2v) is 7.38. The van der Waals surface area contributed by atoms with Gasteiger partial charge in [0.1, 0.15) is 11.4 Å². The van der Waals surface area contributed by atoms with Crippen molar-refractivity contribution in [2.45, 2.75) is 38.8 Å². The van der Waals surface area contributed by atoms with E-state index in [1.165, 1.54) is 6.20 Å². The molecule has 0 aliphatic carbocycles. The van der Waals surface area contributed by atoms with E-state index < -0.39 is 0 Å². The molecule has 0 saturated carbocycles. The lowest BCUT2D eigenvalue weighted by molar-refractivity contribution is -0.116. The van der Waals surface area contributed by atoms with Gasteiger partial charge in [-0.05, 0) is 32.0 Å². The Hall–Kier alpha value is -3.15. The van der Waals surface area contributed by atoms with E-state index in [1.54, 1.807) is 10.7 Å². The van der Waals surface area contributed by atoms with Crippen LogP contribution in [-0.4, -0.2) is 21.3 Å². The predicted octanol–water partition coefficient (Wildman–Crippen LogP) is 3.14. The zero-order valence-electron chi connectivity index (χ0n) is 15.4. The molecule has 2 aromatic carbocycles. The van der Waals surface area contributed by atoms with Gasteiger partial charge in [0.15, 0.2) is 0 Å². The molecule has 2 heterocycles. The van der Waals surface area contributed by atoms with E-state index in [1.807, 2.05) is 50.2 Å². The molecule has 1 aromatic heterocycles. The lowest BCUT2D eigenvalue weighted by atomic mass is 10.0. The average molecular weight is 363 g/mol. The minimum atomic E-state index is -0.262. The Balaban J connectivity index is 1.49. The van der Waals surface area contributed by atoms with Crippen molar-refractivity contribution >= 4 is 22.5 Å². The third kappa shape index (κ3) is 3.43. The first-order valence-corrected chi connectivity index (χ1v) is 8.99. The first-order valence-electron chi connectivity index (χ1n) is 8.99. The molecule has 138 valence electrons. The summed E-state index contributed by atoms with van der Waals surface area (Å²) in [5.74, 6) is 0.629. The lowest BCUT2D eigenvalue weighted by Gasteiger charge is -2.18. The maximum absolute atomic E-state index is 12.5. The third-order valence-corrected chi connectivity index (χ3v) is 4.68. The number of aryl methyl sites for hydroxylation is 1. The fourth-order valence-electron chi connectivity index (χ4n) is 3.47. The minimum absolute atomic E-state index is 0.120. The number of amides is 1. The number of aromatic nitrogens is 2. The summed E-state index contributed by atoms with van der Waals surface area (Å²) in [4.78, 5) is 24.4. The number of hydrogen-bond donors (Lipinski definition) is 1. The van der Waals surface area contributed by atoms with Crippen molar-refractivity contribution in [3.63, 3.8) is 0 Å². The highest BCUT2D eigenvalue weighted by atomic mass is 16.5. The molecular weight excluding hydrogens is 342 g/mol. The van der Waals surface area contributed by atoms with Crippen LogP contribution < -0.4 is 15.5 Å². The molecule has 0 saturated heterocycles. The molecular formula is C21H21N3O3. The van der Waals surface area contributed by atoms with Crippen molar-refractivity contribution in [1.82, 2.24) is 9.78 Å². The Labute approximate surface area is 156 Å². The summed E-state index contributed by atoms with van der Waals surface area (Å²) >= 11 is 0. The van der Waals surface area contributed by atoms with Gasteiger partial charge in [-0.1, -0.05) is 24.3 Å². The summed E-state index contributed by atoms with van der Waals surface area (Å²) in [6, 6.07) is 13.1. The Kier molecular flexibility index (Phi) is 4.18. The number of fused-ring (bicyclic) bond motifs is 2. The topological polar surface area (TPSA) is 73.2 Å². The van der Waals surface area contributed by atoms with Gasteiger partial charge in [0.05, 0.1) is 23.9 Å². The van der Waals surface area contributed by atoms with Crippen molar-refractivity contribution in [2.24, 2.45) is 0 Å². The second kappa shape index (κ2) is 6.54. The Morgan fingerprint density at radius 2 is 2.04 bits per heavy atom. The zero-order chi connectivity index (χ0) is 19.0. The number of ether oxygens (including phenoxy) is 1. The molecule has 6 heteroatoms. The van der Waals surface area contributed by atoms with E-state index >= 15 is 0 Å². The first kappa shape index (κ1) is 17.3. The first-order chi connectivity index (χ1) is 12.9. The smallest absolute Gasteiger partial charge is 0.226 e. The van der Waals surface area contributed by atoms with Crippen LogP contribution in [0, 0.1) is 0 Å². The fourth-order valence-corrected chi connectivity index (χ4v) is 3.47. The molecule has 0 atom stereocenters. The minimum Gasteiger partial charge on any atom is -0.485 e. The number of nitrogens with zero attached hydrogens (tertiary/aromatic N) is 2. The normalized spacial score (nSPS) is 14.6. The van der Waals surface area contributed by atoms with Gasteiger partial charge >= 0.3 is 0 Å². The van der Waals surface area contributed by atoms with Gasteiger partial charge in [-0.2, -0.15) is 5.10 Å². The standard InChI is InChI=1S/C21H21N3O3/c1-21(2)12-14-6-5-8-16(20(14)27-21)23-19(26)10-11-24-17-9-4-3-7-15(17)18(25)13-22-24/h3-9,13H,10-12H2,1-2H3,(H,23,26). The molecule has 0 radical (unpaired) electrons. The molecule has 6 nitrogen and oxygen atoms in total. The van der Waals surface area contributed by atoms with Gasteiger partial charge in [0.2, 0.25) is 11.3 Å². The third-order valence-electron chi connectivity index (χ3n) is 4.68. The van der Waals surface area contributed by atoms with Crippen molar-refractivity contribution in [3.05, 3.63) is 64.4 Å². The van der Waals surface area contributed by atoms with Crippen molar-refractivity contribution < 1.29 is 9.53 Å². The van der Waals surface area contributed by atoms with Gasteiger partial charge in [-0.15, -0.1) is 0 Å². The molecule has 1 aliphatic heterocycles. The summed E-state index contributed by atoms with van der Waals surface area (Å²) in [7, 11) is 0. The highest BCUT2D eigenvalue weighted by molar-refractivity contribution is 5.92. The molecule has 0 unspecified atom stereocenters. The Bertz CT molecular complexity index is 1090. The number of carbonyl (C=O) groups excluding carboxylic acids is 1. The van der Waals surface area contributed by atoms with E-state index in [0.717, 1.165) is 23.3 Å². The van der Waals surface area contributed by atoms with Crippen molar-refractivity contribution in [2.75, 3.05) is 5.32 Å². The summed E-state index contributed by atoms with van der Waals surface area (Å²) in [5.41, 5.74) is 2.14. The molecule has 0 spiro atoms. The van der Waals surface area contributed by atoms with E-state index in [4.69, 9.17) is 4.74 Å². The van der Waals surface area contributed by atoms with Gasteiger partial charge in [-0.25, -0.2) is 0 Å². The van der Waals surface area contributed by atoms with Crippen LogP contribution in [0.1, 0.15) is 25.8 Å². The molecule has 0 fully saturated rings. The lowest BCUT2D eigenvalue weighted by Crippen LogP contribution is -2.25. The molecule has 1 aliphatic rings. The van der Waals surface area contributed by atoms with Gasteiger partial charge < -0.3 is 10.1 Å². The Morgan fingerprint density at radius 1 is 1.22 bits per heavy atom. The van der Waals surface area contributed by atoms with Crippen LogP contribution in [0.4, 0.5) is 5.69 Å². The van der Waals surface area contributed by atoms with Crippen molar-refractivity contribution in [1.29, 1.82) is 0 Å². The van der Waals surface area contributed by atoms with Crippen LogP contribution in [0.5, 0.6) is 5.75 Å². The number of nitrogens with one attached hydrogen (secondary N) is 1. The number of carbonyl (C=O) groups is 1. The number of hydrogen-bond acceptors (Lipinski definition) is 4. The quantitative estimate of drug-likeness (QED) is 0.773. The molecule has 1 amide bonds. The zero-order valence-corrected chi connectivity index (χ0v) is 15.4. The molecule has 1 N–H and O–H groups in total. The number of benzene rings is 2. The van der Waals surface area contributed by atoms with E-state index in [-0.39, 0.29) is 23.4 Å². The van der Waals surface area contributed by atoms with E-state index in [9.17, 15) is 9.59 Å². The van der Waals surface area contributed by atoms with Crippen LogP contribution >= 0.6 is 0 Å². The van der Waals surface area contributed by atoms with E-state index in [2.05, 4.69) is 10.4 Å². The predicted molar refractivity (Wildman–Crippen MR) is 104 cm³/mol. The van der Waals surface area contributed by atoms with Crippen LogP contribution in [0.2, 0.25) is 0 Å². The maximum Gasteiger partial charge on any atom is 0.226 e. The van der Waals surface area contributed by atoms with Crippen LogP contribution in [0.3, 0.4) is 0 Å². The number of rotatable bonds is 4. The largest absolute Gasteiger partial charge is 0.485 e. The summed E-state index contributed by atoms with van der Waals surface area (Å²) in [6.07, 6.45) is 2.35. The van der Waals surface area contributed by atoms with Crippen LogP contribution in [0.25, 0.3) is 10.9 Å². The summed E-state index contributed by atoms with van der Waals surface area (Å²) in [6.45, 7) is 4.45. The van der Waals surface area contributed by atoms with Crippen LogP contribution in [-0.2, 0) is 17.8 Å². The number of anilines is 1. The summed E-state index contributed by atoms with van der Waals surface area (Å²) in [5, 5.41) is 7.71. The monoisotopic (exact) mass is 363 g/mol. The highest BCUT2D eigenvalue weighted by Gasteiger charge is 2.31. The Morgan fingerprint density at radius 3 is 2.89 bits per heavy atom. The van der Waals surface area contributed by atoms with Crippen molar-refractivity contribution in [3.8, 4) is 5.75 Å².